The monoisotopic (exact) mass is 753 g/mol. The smallest absolute Gasteiger partial charge is 0.410 e. The number of carboxylic acid groups (broad SMARTS) is 1. The number of anilines is 2. The first-order valence-corrected chi connectivity index (χ1v) is 19.5. The van der Waals surface area contributed by atoms with Gasteiger partial charge in [-0.2, -0.15) is 0 Å². The van der Waals surface area contributed by atoms with Crippen molar-refractivity contribution in [1.82, 2.24) is 4.90 Å². The number of aliphatic carboxylic acids is 1. The van der Waals surface area contributed by atoms with Crippen molar-refractivity contribution in [3.63, 3.8) is 0 Å². The predicted molar refractivity (Wildman–Crippen MR) is 206 cm³/mol. The van der Waals surface area contributed by atoms with E-state index in [-0.39, 0.29) is 62.6 Å². The largest absolute Gasteiger partial charge is 0.482 e. The fraction of sp³-hybridized carbons (Fsp3) is 0.488. The molecule has 4 aliphatic rings. The van der Waals surface area contributed by atoms with Gasteiger partial charge in [-0.1, -0.05) is 36.4 Å². The second-order valence-corrected chi connectivity index (χ2v) is 15.9. The first kappa shape index (κ1) is 38.2. The standard InChI is InChI=1S/C43H51N3O9/c1-43(2,3)55-42(51)44-22-20-34(30-9-6-8-29(24-30)28-12-17-33(18-13-28)54-40-11-4-5-23-52-40)35(26-44)41(50)46(31-14-15-31)32-16-19-37-36(25-32)45(38(47)27-53-37)21-7-10-39(48)49/h6,8-9,12-13,16-19,24-25,31,34-35,40H,4-5,7,10-11,14-15,20-23,26-27H2,1-3H3,(H,48,49). The SMILES string of the molecule is CC(C)(C)OC(=O)N1CCC(c2cccc(-c3ccc(OC4CCCCO4)cc3)c2)C(C(=O)N(c2ccc3c(c2)N(CCCC(=O)O)C(=O)CO3)C2CC2)C1. The van der Waals surface area contributed by atoms with Crippen molar-refractivity contribution < 1.29 is 43.2 Å². The molecule has 0 radical (unpaired) electrons. The number of amides is 3. The molecule has 55 heavy (non-hydrogen) atoms. The fourth-order valence-electron chi connectivity index (χ4n) is 7.73. The third-order valence-corrected chi connectivity index (χ3v) is 10.6. The summed E-state index contributed by atoms with van der Waals surface area (Å²) in [5, 5.41) is 9.21. The van der Waals surface area contributed by atoms with Crippen LogP contribution >= 0.6 is 0 Å². The van der Waals surface area contributed by atoms with Crippen molar-refractivity contribution >= 4 is 35.3 Å². The van der Waals surface area contributed by atoms with Crippen LogP contribution in [0.25, 0.3) is 11.1 Å². The van der Waals surface area contributed by atoms with Gasteiger partial charge in [-0.05, 0) is 112 Å². The zero-order valence-electron chi connectivity index (χ0n) is 31.9. The van der Waals surface area contributed by atoms with Gasteiger partial charge in [0.2, 0.25) is 5.91 Å². The number of carboxylic acids is 1. The molecule has 1 saturated carbocycles. The highest BCUT2D eigenvalue weighted by atomic mass is 16.7. The van der Waals surface area contributed by atoms with Crippen LogP contribution in [0.1, 0.15) is 83.6 Å². The molecule has 3 heterocycles. The highest BCUT2D eigenvalue weighted by Gasteiger charge is 2.44. The number of hydrogen-bond acceptors (Lipinski definition) is 8. The molecule has 3 atom stereocenters. The quantitative estimate of drug-likeness (QED) is 0.213. The summed E-state index contributed by atoms with van der Waals surface area (Å²) in [4.78, 5) is 57.8. The third-order valence-electron chi connectivity index (χ3n) is 10.6. The molecule has 3 aromatic carbocycles. The molecule has 12 heteroatoms. The van der Waals surface area contributed by atoms with Crippen molar-refractivity contribution in [3.8, 4) is 22.6 Å². The van der Waals surface area contributed by atoms with E-state index >= 15 is 4.79 Å². The van der Waals surface area contributed by atoms with E-state index in [0.29, 0.717) is 36.7 Å². The van der Waals surface area contributed by atoms with Gasteiger partial charge in [0.15, 0.2) is 12.9 Å². The number of likely N-dealkylation sites (tertiary alicyclic amines) is 1. The summed E-state index contributed by atoms with van der Waals surface area (Å²) in [6, 6.07) is 21.7. The minimum Gasteiger partial charge on any atom is -0.482 e. The van der Waals surface area contributed by atoms with Gasteiger partial charge in [-0.3, -0.25) is 14.4 Å². The second-order valence-electron chi connectivity index (χ2n) is 15.9. The number of ether oxygens (including phenoxy) is 4. The molecule has 3 fully saturated rings. The summed E-state index contributed by atoms with van der Waals surface area (Å²) < 4.78 is 23.3. The summed E-state index contributed by atoms with van der Waals surface area (Å²) in [7, 11) is 0. The second kappa shape index (κ2) is 16.3. The van der Waals surface area contributed by atoms with E-state index in [1.54, 1.807) is 21.9 Å². The molecule has 3 unspecified atom stereocenters. The van der Waals surface area contributed by atoms with Crippen LogP contribution in [0.2, 0.25) is 0 Å². The third kappa shape index (κ3) is 9.24. The zero-order chi connectivity index (χ0) is 38.7. The maximum Gasteiger partial charge on any atom is 0.410 e. The molecule has 2 saturated heterocycles. The van der Waals surface area contributed by atoms with Crippen molar-refractivity contribution in [2.45, 2.75) is 96.0 Å². The number of carbonyl (C=O) groups excluding carboxylic acids is 3. The lowest BCUT2D eigenvalue weighted by Crippen LogP contribution is -2.51. The van der Waals surface area contributed by atoms with Gasteiger partial charge in [-0.15, -0.1) is 0 Å². The molecular formula is C43H51N3O9. The summed E-state index contributed by atoms with van der Waals surface area (Å²) >= 11 is 0. The molecule has 0 aromatic heterocycles. The van der Waals surface area contributed by atoms with Gasteiger partial charge < -0.3 is 38.8 Å². The molecule has 7 rings (SSSR count). The van der Waals surface area contributed by atoms with Gasteiger partial charge in [0.25, 0.3) is 5.91 Å². The molecule has 3 aliphatic heterocycles. The van der Waals surface area contributed by atoms with Crippen LogP contribution in [-0.2, 0) is 23.9 Å². The average molecular weight is 754 g/mol. The molecule has 0 spiro atoms. The van der Waals surface area contributed by atoms with Crippen LogP contribution in [0.15, 0.2) is 66.7 Å². The van der Waals surface area contributed by atoms with E-state index in [4.69, 9.17) is 18.9 Å². The Labute approximate surface area is 322 Å². The highest BCUT2D eigenvalue weighted by Crippen LogP contribution is 2.43. The van der Waals surface area contributed by atoms with E-state index in [1.807, 2.05) is 62.1 Å². The molecular weight excluding hydrogens is 702 g/mol. The lowest BCUT2D eigenvalue weighted by molar-refractivity contribution is -0.137. The minimum atomic E-state index is -0.930. The maximum absolute atomic E-state index is 15.1. The normalized spacial score (nSPS) is 21.3. The number of rotatable bonds is 11. The maximum atomic E-state index is 15.1. The van der Waals surface area contributed by atoms with Crippen molar-refractivity contribution in [1.29, 1.82) is 0 Å². The van der Waals surface area contributed by atoms with E-state index in [9.17, 15) is 19.5 Å². The van der Waals surface area contributed by atoms with Crippen molar-refractivity contribution in [2.24, 2.45) is 5.92 Å². The van der Waals surface area contributed by atoms with Crippen LogP contribution < -0.4 is 19.3 Å². The van der Waals surface area contributed by atoms with E-state index in [1.165, 1.54) is 0 Å². The predicted octanol–water partition coefficient (Wildman–Crippen LogP) is 7.39. The van der Waals surface area contributed by atoms with Crippen LogP contribution in [0.3, 0.4) is 0 Å². The Hall–Kier alpha value is -5.10. The first-order chi connectivity index (χ1) is 26.4. The van der Waals surface area contributed by atoms with Crippen molar-refractivity contribution in [3.05, 3.63) is 72.3 Å². The van der Waals surface area contributed by atoms with Gasteiger partial charge >= 0.3 is 12.1 Å². The highest BCUT2D eigenvalue weighted by molar-refractivity contribution is 6.01. The van der Waals surface area contributed by atoms with Crippen LogP contribution in [-0.4, -0.2) is 84.7 Å². The van der Waals surface area contributed by atoms with Crippen LogP contribution in [0, 0.1) is 5.92 Å². The number of benzene rings is 3. The minimum absolute atomic E-state index is 0.0325. The van der Waals surface area contributed by atoms with Crippen molar-refractivity contribution in [2.75, 3.05) is 42.6 Å². The summed E-state index contributed by atoms with van der Waals surface area (Å²) in [5.41, 5.74) is 3.51. The van der Waals surface area contributed by atoms with Gasteiger partial charge in [-0.25, -0.2) is 4.79 Å². The lowest BCUT2D eigenvalue weighted by atomic mass is 9.78. The van der Waals surface area contributed by atoms with E-state index < -0.39 is 23.6 Å². The Morgan fingerprint density at radius 3 is 2.45 bits per heavy atom. The zero-order valence-corrected chi connectivity index (χ0v) is 31.9. The van der Waals surface area contributed by atoms with Crippen LogP contribution in [0.4, 0.5) is 16.2 Å². The molecule has 1 aliphatic carbocycles. The number of nitrogens with zero attached hydrogens (tertiary/aromatic N) is 3. The summed E-state index contributed by atoms with van der Waals surface area (Å²) in [6.45, 7) is 6.92. The lowest BCUT2D eigenvalue weighted by Gasteiger charge is -2.41. The molecule has 3 amide bonds. The number of piperidine rings is 1. The molecule has 0 bridgehead atoms. The van der Waals surface area contributed by atoms with Gasteiger partial charge in [0, 0.05) is 44.2 Å². The topological polar surface area (TPSA) is 135 Å². The Bertz CT molecular complexity index is 1880. The Morgan fingerprint density at radius 2 is 1.75 bits per heavy atom. The molecule has 292 valence electrons. The Morgan fingerprint density at radius 1 is 0.945 bits per heavy atom. The van der Waals surface area contributed by atoms with E-state index in [0.717, 1.165) is 54.5 Å². The van der Waals surface area contributed by atoms with Gasteiger partial charge in [0.1, 0.15) is 17.1 Å². The van der Waals surface area contributed by atoms with E-state index in [2.05, 4.69) is 18.2 Å². The number of carbonyl (C=O) groups is 4. The first-order valence-electron chi connectivity index (χ1n) is 19.5. The summed E-state index contributed by atoms with van der Waals surface area (Å²) in [5.74, 6) is -0.794. The molecule has 12 nitrogen and oxygen atoms in total. The number of fused-ring (bicyclic) bond motifs is 1. The Balaban J connectivity index is 1.18. The fourth-order valence-corrected chi connectivity index (χ4v) is 7.73. The molecule has 1 N–H and O–H groups in total. The Kier molecular flexibility index (Phi) is 11.3. The van der Waals surface area contributed by atoms with Gasteiger partial charge in [0.05, 0.1) is 18.2 Å². The molecule has 3 aromatic rings. The van der Waals surface area contributed by atoms with Crippen LogP contribution in [0.5, 0.6) is 11.5 Å². The number of hydrogen-bond donors (Lipinski definition) is 1. The summed E-state index contributed by atoms with van der Waals surface area (Å²) in [6.07, 6.45) is 4.79. The average Bonchev–Trinajstić information content (AvgIpc) is 4.01.